The Morgan fingerprint density at radius 3 is 2.47 bits per heavy atom. The Morgan fingerprint density at radius 1 is 1.26 bits per heavy atom. The summed E-state index contributed by atoms with van der Waals surface area (Å²) in [5, 5.41) is 9.47. The number of hydrogen-bond acceptors (Lipinski definition) is 3. The fraction of sp³-hybridized carbons (Fsp3) is 0.308. The van der Waals surface area contributed by atoms with Crippen molar-refractivity contribution >= 4 is 10.0 Å². The standard InChI is InChI=1S/C13H17N3O2S/c1-9-5-4-6-12(7-9)8-16-11(3)13(10(2)15-16)19(14,17)18/h4-7H,8H2,1-3H3,(H2,14,17,18). The fourth-order valence-electron chi connectivity index (χ4n) is 2.23. The van der Waals surface area contributed by atoms with Crippen LogP contribution < -0.4 is 5.14 Å². The van der Waals surface area contributed by atoms with Gasteiger partial charge in [-0.2, -0.15) is 5.10 Å². The smallest absolute Gasteiger partial charge is 0.241 e. The van der Waals surface area contributed by atoms with Gasteiger partial charge in [-0.05, 0) is 26.3 Å². The van der Waals surface area contributed by atoms with Gasteiger partial charge in [0.2, 0.25) is 10.0 Å². The zero-order valence-corrected chi connectivity index (χ0v) is 12.0. The molecule has 0 spiro atoms. The van der Waals surface area contributed by atoms with Gasteiger partial charge < -0.3 is 0 Å². The van der Waals surface area contributed by atoms with Crippen molar-refractivity contribution in [2.75, 3.05) is 0 Å². The van der Waals surface area contributed by atoms with Gasteiger partial charge in [0, 0.05) is 0 Å². The van der Waals surface area contributed by atoms with Crippen molar-refractivity contribution in [2.45, 2.75) is 32.2 Å². The molecule has 0 saturated carbocycles. The SMILES string of the molecule is Cc1cccc(Cn2nc(C)c(S(N)(=O)=O)c2C)c1. The predicted molar refractivity (Wildman–Crippen MR) is 73.4 cm³/mol. The summed E-state index contributed by atoms with van der Waals surface area (Å²) in [5.74, 6) is 0. The number of sulfonamides is 1. The number of rotatable bonds is 3. The molecule has 102 valence electrons. The van der Waals surface area contributed by atoms with Crippen molar-refractivity contribution in [3.63, 3.8) is 0 Å². The molecule has 6 heteroatoms. The molecule has 0 unspecified atom stereocenters. The Balaban J connectivity index is 2.43. The van der Waals surface area contributed by atoms with E-state index in [0.29, 0.717) is 17.9 Å². The van der Waals surface area contributed by atoms with Gasteiger partial charge in [-0.15, -0.1) is 0 Å². The molecule has 0 bridgehead atoms. The summed E-state index contributed by atoms with van der Waals surface area (Å²) in [6.07, 6.45) is 0. The van der Waals surface area contributed by atoms with Crippen LogP contribution in [-0.2, 0) is 16.6 Å². The number of aromatic nitrogens is 2. The van der Waals surface area contributed by atoms with Crippen LogP contribution in [0.3, 0.4) is 0 Å². The first kappa shape index (κ1) is 13.8. The normalized spacial score (nSPS) is 11.8. The highest BCUT2D eigenvalue weighted by molar-refractivity contribution is 7.89. The van der Waals surface area contributed by atoms with Gasteiger partial charge in [-0.3, -0.25) is 4.68 Å². The second-order valence-electron chi connectivity index (χ2n) is 4.69. The monoisotopic (exact) mass is 279 g/mol. The van der Waals surface area contributed by atoms with Gasteiger partial charge in [-0.1, -0.05) is 29.8 Å². The highest BCUT2D eigenvalue weighted by atomic mass is 32.2. The van der Waals surface area contributed by atoms with Gasteiger partial charge >= 0.3 is 0 Å². The Morgan fingerprint density at radius 2 is 1.95 bits per heavy atom. The van der Waals surface area contributed by atoms with Crippen LogP contribution in [-0.4, -0.2) is 18.2 Å². The molecule has 2 aromatic rings. The highest BCUT2D eigenvalue weighted by Gasteiger charge is 2.20. The van der Waals surface area contributed by atoms with Crippen molar-refractivity contribution < 1.29 is 8.42 Å². The van der Waals surface area contributed by atoms with E-state index < -0.39 is 10.0 Å². The van der Waals surface area contributed by atoms with Gasteiger partial charge in [0.05, 0.1) is 17.9 Å². The number of benzene rings is 1. The number of nitrogens with zero attached hydrogens (tertiary/aromatic N) is 2. The molecule has 1 aromatic carbocycles. The largest absolute Gasteiger partial charge is 0.264 e. The van der Waals surface area contributed by atoms with Gasteiger partial charge in [-0.25, -0.2) is 13.6 Å². The second-order valence-corrected chi connectivity index (χ2v) is 6.19. The number of aryl methyl sites for hydroxylation is 2. The van der Waals surface area contributed by atoms with Crippen molar-refractivity contribution in [3.8, 4) is 0 Å². The molecule has 2 rings (SSSR count). The Labute approximate surface area is 113 Å². The highest BCUT2D eigenvalue weighted by Crippen LogP contribution is 2.19. The van der Waals surface area contributed by atoms with E-state index in [9.17, 15) is 8.42 Å². The molecule has 0 aliphatic rings. The minimum Gasteiger partial charge on any atom is -0.264 e. The average molecular weight is 279 g/mol. The van der Waals surface area contributed by atoms with E-state index in [1.807, 2.05) is 31.2 Å². The third kappa shape index (κ3) is 2.85. The lowest BCUT2D eigenvalue weighted by Crippen LogP contribution is -2.14. The zero-order chi connectivity index (χ0) is 14.2. The van der Waals surface area contributed by atoms with Crippen LogP contribution in [0.25, 0.3) is 0 Å². The Bertz CT molecular complexity index is 717. The predicted octanol–water partition coefficient (Wildman–Crippen LogP) is 1.50. The summed E-state index contributed by atoms with van der Waals surface area (Å²) >= 11 is 0. The molecule has 5 nitrogen and oxygen atoms in total. The topological polar surface area (TPSA) is 78.0 Å². The van der Waals surface area contributed by atoms with Crippen molar-refractivity contribution in [3.05, 3.63) is 46.8 Å². The average Bonchev–Trinajstić information content (AvgIpc) is 2.53. The molecule has 2 N–H and O–H groups in total. The number of hydrogen-bond donors (Lipinski definition) is 1. The van der Waals surface area contributed by atoms with Gasteiger partial charge in [0.1, 0.15) is 4.90 Å². The van der Waals surface area contributed by atoms with E-state index in [2.05, 4.69) is 5.10 Å². The van der Waals surface area contributed by atoms with Crippen molar-refractivity contribution in [1.82, 2.24) is 9.78 Å². The molecular weight excluding hydrogens is 262 g/mol. The molecule has 1 aromatic heterocycles. The molecule has 19 heavy (non-hydrogen) atoms. The first-order valence-corrected chi connectivity index (χ1v) is 7.46. The fourth-order valence-corrected chi connectivity index (χ4v) is 3.20. The van der Waals surface area contributed by atoms with Crippen LogP contribution in [0.4, 0.5) is 0 Å². The van der Waals surface area contributed by atoms with Crippen LogP contribution in [0.2, 0.25) is 0 Å². The van der Waals surface area contributed by atoms with Crippen LogP contribution in [0, 0.1) is 20.8 Å². The molecule has 0 saturated heterocycles. The molecule has 0 atom stereocenters. The molecule has 0 amide bonds. The Hall–Kier alpha value is -1.66. The molecule has 0 aliphatic heterocycles. The first-order chi connectivity index (χ1) is 8.79. The van der Waals surface area contributed by atoms with Gasteiger partial charge in [0.25, 0.3) is 0 Å². The lowest BCUT2D eigenvalue weighted by Gasteiger charge is -2.06. The van der Waals surface area contributed by atoms with E-state index in [1.165, 1.54) is 0 Å². The first-order valence-electron chi connectivity index (χ1n) is 5.91. The second kappa shape index (κ2) is 4.79. The summed E-state index contributed by atoms with van der Waals surface area (Å²) < 4.78 is 24.7. The maximum atomic E-state index is 11.5. The molecule has 0 radical (unpaired) electrons. The minimum atomic E-state index is -3.73. The van der Waals surface area contributed by atoms with E-state index in [-0.39, 0.29) is 4.90 Å². The molecular formula is C13H17N3O2S. The van der Waals surface area contributed by atoms with E-state index in [1.54, 1.807) is 18.5 Å². The van der Waals surface area contributed by atoms with Crippen molar-refractivity contribution in [1.29, 1.82) is 0 Å². The summed E-state index contributed by atoms with van der Waals surface area (Å²) in [5.41, 5.74) is 3.24. The summed E-state index contributed by atoms with van der Waals surface area (Å²) in [6.45, 7) is 5.92. The Kier molecular flexibility index (Phi) is 3.47. The van der Waals surface area contributed by atoms with E-state index in [4.69, 9.17) is 5.14 Å². The van der Waals surface area contributed by atoms with Crippen molar-refractivity contribution in [2.24, 2.45) is 5.14 Å². The third-order valence-electron chi connectivity index (χ3n) is 3.01. The molecule has 0 aliphatic carbocycles. The number of nitrogens with two attached hydrogens (primary N) is 1. The van der Waals surface area contributed by atoms with Crippen LogP contribution >= 0.6 is 0 Å². The maximum absolute atomic E-state index is 11.5. The minimum absolute atomic E-state index is 0.125. The lowest BCUT2D eigenvalue weighted by atomic mass is 10.1. The third-order valence-corrected chi connectivity index (χ3v) is 4.17. The van der Waals surface area contributed by atoms with E-state index in [0.717, 1.165) is 11.1 Å². The summed E-state index contributed by atoms with van der Waals surface area (Å²) in [7, 11) is -3.73. The molecule has 0 fully saturated rings. The van der Waals surface area contributed by atoms with E-state index >= 15 is 0 Å². The zero-order valence-electron chi connectivity index (χ0n) is 11.2. The lowest BCUT2D eigenvalue weighted by molar-refractivity contribution is 0.595. The summed E-state index contributed by atoms with van der Waals surface area (Å²) in [6, 6.07) is 8.02. The van der Waals surface area contributed by atoms with Gasteiger partial charge in [0.15, 0.2) is 0 Å². The molecule has 1 heterocycles. The quantitative estimate of drug-likeness (QED) is 0.925. The summed E-state index contributed by atoms with van der Waals surface area (Å²) in [4.78, 5) is 0.125. The number of primary sulfonamides is 1. The van der Waals surface area contributed by atoms with Crippen LogP contribution in [0.15, 0.2) is 29.2 Å². The maximum Gasteiger partial charge on any atom is 0.241 e. The van der Waals surface area contributed by atoms with Crippen LogP contribution in [0.1, 0.15) is 22.5 Å². The van der Waals surface area contributed by atoms with Crippen LogP contribution in [0.5, 0.6) is 0 Å².